The van der Waals surface area contributed by atoms with Gasteiger partial charge in [-0.25, -0.2) is 0 Å². The molecule has 1 saturated heterocycles. The fourth-order valence-electron chi connectivity index (χ4n) is 1.97. The van der Waals surface area contributed by atoms with Crippen molar-refractivity contribution in [3.63, 3.8) is 0 Å². The maximum atomic E-state index is 11.3. The molecule has 0 N–H and O–H groups in total. The quantitative estimate of drug-likeness (QED) is 0.509. The van der Waals surface area contributed by atoms with Crippen LogP contribution in [0.25, 0.3) is 0 Å². The van der Waals surface area contributed by atoms with Crippen molar-refractivity contribution in [3.05, 3.63) is 0 Å². The molecule has 1 aliphatic rings. The summed E-state index contributed by atoms with van der Waals surface area (Å²) in [5.74, 6) is -2.68. The van der Waals surface area contributed by atoms with Gasteiger partial charge in [-0.05, 0) is 0 Å². The molecule has 9 nitrogen and oxygen atoms in total. The Morgan fingerprint density at radius 2 is 1.18 bits per heavy atom. The van der Waals surface area contributed by atoms with E-state index in [2.05, 4.69) is 0 Å². The van der Waals surface area contributed by atoms with E-state index >= 15 is 0 Å². The third-order valence-electron chi connectivity index (χ3n) is 2.59. The third kappa shape index (κ3) is 5.32. The van der Waals surface area contributed by atoms with Crippen molar-refractivity contribution in [2.75, 3.05) is 6.61 Å². The fourth-order valence-corrected chi connectivity index (χ4v) is 1.97. The Kier molecular flexibility index (Phi) is 6.29. The third-order valence-corrected chi connectivity index (χ3v) is 2.59. The van der Waals surface area contributed by atoms with E-state index in [-0.39, 0.29) is 6.61 Å². The van der Waals surface area contributed by atoms with E-state index in [1.807, 2.05) is 0 Å². The molecule has 1 fully saturated rings. The molecule has 1 heterocycles. The number of ether oxygens (including phenoxy) is 5. The molecule has 0 aromatic heterocycles. The Morgan fingerprint density at radius 3 is 1.64 bits per heavy atom. The SMILES string of the molecule is CC(=O)OC1[C@H](OC(C)=O)OC[C@@H](OC(C)=O)[C@H]1OC(C)=O. The van der Waals surface area contributed by atoms with Crippen LogP contribution < -0.4 is 0 Å². The number of hydrogen-bond acceptors (Lipinski definition) is 9. The minimum Gasteiger partial charge on any atom is -0.456 e. The van der Waals surface area contributed by atoms with Crippen LogP contribution in [-0.2, 0) is 42.9 Å². The normalized spacial score (nSPS) is 27.5. The number of carbonyl (C=O) groups excluding carboxylic acids is 4. The first-order valence-electron chi connectivity index (χ1n) is 6.51. The average Bonchev–Trinajstić information content (AvgIpc) is 2.34. The highest BCUT2D eigenvalue weighted by Crippen LogP contribution is 2.25. The lowest BCUT2D eigenvalue weighted by molar-refractivity contribution is -0.273. The van der Waals surface area contributed by atoms with E-state index in [0.717, 1.165) is 20.8 Å². The largest absolute Gasteiger partial charge is 0.456 e. The van der Waals surface area contributed by atoms with Crippen LogP contribution >= 0.6 is 0 Å². The summed E-state index contributed by atoms with van der Waals surface area (Å²) in [6.07, 6.45) is -4.65. The summed E-state index contributed by atoms with van der Waals surface area (Å²) < 4.78 is 25.2. The Bertz CT molecular complexity index is 416. The maximum Gasteiger partial charge on any atom is 0.305 e. The number of carbonyl (C=O) groups is 4. The maximum absolute atomic E-state index is 11.3. The van der Waals surface area contributed by atoms with Gasteiger partial charge in [0.15, 0.2) is 12.2 Å². The lowest BCUT2D eigenvalue weighted by Gasteiger charge is -2.39. The average molecular weight is 318 g/mol. The molecule has 1 unspecified atom stereocenters. The lowest BCUT2D eigenvalue weighted by Crippen LogP contribution is -2.58. The van der Waals surface area contributed by atoms with Crippen molar-refractivity contribution in [2.24, 2.45) is 0 Å². The van der Waals surface area contributed by atoms with Crippen LogP contribution in [0.3, 0.4) is 0 Å². The molecule has 0 aromatic rings. The van der Waals surface area contributed by atoms with Crippen molar-refractivity contribution >= 4 is 23.9 Å². The van der Waals surface area contributed by atoms with Crippen molar-refractivity contribution < 1.29 is 42.9 Å². The molecule has 0 aliphatic carbocycles. The fraction of sp³-hybridized carbons (Fsp3) is 0.692. The molecule has 0 saturated carbocycles. The highest BCUT2D eigenvalue weighted by molar-refractivity contribution is 5.69. The van der Waals surface area contributed by atoms with Crippen LogP contribution in [0.15, 0.2) is 0 Å². The van der Waals surface area contributed by atoms with Gasteiger partial charge in [0.1, 0.15) is 0 Å². The molecule has 0 bridgehead atoms. The molecule has 22 heavy (non-hydrogen) atoms. The first kappa shape index (κ1) is 17.9. The summed E-state index contributed by atoms with van der Waals surface area (Å²) in [6.45, 7) is 4.40. The Hall–Kier alpha value is -2.16. The Labute approximate surface area is 126 Å². The van der Waals surface area contributed by atoms with Gasteiger partial charge in [-0.3, -0.25) is 19.2 Å². The summed E-state index contributed by atoms with van der Waals surface area (Å²) >= 11 is 0. The highest BCUT2D eigenvalue weighted by atomic mass is 16.7. The van der Waals surface area contributed by atoms with Crippen molar-refractivity contribution in [1.29, 1.82) is 0 Å². The van der Waals surface area contributed by atoms with E-state index < -0.39 is 48.5 Å². The second kappa shape index (κ2) is 7.74. The number of esters is 4. The topological polar surface area (TPSA) is 114 Å². The van der Waals surface area contributed by atoms with Crippen molar-refractivity contribution in [1.82, 2.24) is 0 Å². The molecule has 1 rings (SSSR count). The van der Waals surface area contributed by atoms with Gasteiger partial charge in [-0.2, -0.15) is 0 Å². The molecule has 0 radical (unpaired) electrons. The molecule has 4 atom stereocenters. The van der Waals surface area contributed by atoms with E-state index in [0.29, 0.717) is 0 Å². The summed E-state index contributed by atoms with van der Waals surface area (Å²) in [7, 11) is 0. The Balaban J connectivity index is 3.03. The highest BCUT2D eigenvalue weighted by Gasteiger charge is 2.48. The van der Waals surface area contributed by atoms with E-state index in [9.17, 15) is 19.2 Å². The first-order valence-corrected chi connectivity index (χ1v) is 6.51. The molecule has 9 heteroatoms. The van der Waals surface area contributed by atoms with Gasteiger partial charge >= 0.3 is 23.9 Å². The minimum absolute atomic E-state index is 0.187. The summed E-state index contributed by atoms with van der Waals surface area (Å²) in [6, 6.07) is 0. The molecule has 0 spiro atoms. The van der Waals surface area contributed by atoms with Crippen LogP contribution in [-0.4, -0.2) is 55.1 Å². The zero-order valence-corrected chi connectivity index (χ0v) is 12.7. The molecule has 124 valence electrons. The predicted octanol–water partition coefficient (Wildman–Crippen LogP) is -0.299. The molecule has 1 aliphatic heterocycles. The van der Waals surface area contributed by atoms with Crippen LogP contribution in [0.5, 0.6) is 0 Å². The second-order valence-electron chi connectivity index (χ2n) is 4.61. The number of rotatable bonds is 4. The van der Waals surface area contributed by atoms with Crippen molar-refractivity contribution in [2.45, 2.75) is 52.3 Å². The lowest BCUT2D eigenvalue weighted by atomic mass is 10.0. The standard InChI is InChI=1S/C13H18O9/c1-6(14)19-10-5-18-13(22-9(4)17)12(21-8(3)16)11(10)20-7(2)15/h10-13H,5H2,1-4H3/t10-,11-,12?,13+/m1/s1. The summed E-state index contributed by atoms with van der Waals surface area (Å²) in [4.78, 5) is 44.7. The van der Waals surface area contributed by atoms with Crippen LogP contribution in [0.4, 0.5) is 0 Å². The van der Waals surface area contributed by atoms with Gasteiger partial charge < -0.3 is 23.7 Å². The molecular weight excluding hydrogens is 300 g/mol. The minimum atomic E-state index is -1.27. The summed E-state index contributed by atoms with van der Waals surface area (Å²) in [5, 5.41) is 0. The zero-order chi connectivity index (χ0) is 16.9. The van der Waals surface area contributed by atoms with E-state index in [4.69, 9.17) is 23.7 Å². The predicted molar refractivity (Wildman–Crippen MR) is 68.2 cm³/mol. The first-order chi connectivity index (χ1) is 10.2. The van der Waals surface area contributed by atoms with E-state index in [1.165, 1.54) is 6.92 Å². The molecular formula is C13H18O9. The molecule has 0 aromatic carbocycles. The monoisotopic (exact) mass is 318 g/mol. The zero-order valence-electron chi connectivity index (χ0n) is 12.7. The van der Waals surface area contributed by atoms with Gasteiger partial charge in [0, 0.05) is 27.7 Å². The van der Waals surface area contributed by atoms with Gasteiger partial charge in [-0.15, -0.1) is 0 Å². The van der Waals surface area contributed by atoms with Crippen LogP contribution in [0, 0.1) is 0 Å². The molecule has 0 amide bonds. The Morgan fingerprint density at radius 1 is 0.727 bits per heavy atom. The van der Waals surface area contributed by atoms with Crippen LogP contribution in [0.2, 0.25) is 0 Å². The van der Waals surface area contributed by atoms with Gasteiger partial charge in [-0.1, -0.05) is 0 Å². The summed E-state index contributed by atoms with van der Waals surface area (Å²) in [5.41, 5.74) is 0. The smallest absolute Gasteiger partial charge is 0.305 e. The van der Waals surface area contributed by atoms with E-state index in [1.54, 1.807) is 0 Å². The number of hydrogen-bond donors (Lipinski definition) is 0. The van der Waals surface area contributed by atoms with Gasteiger partial charge in [0.05, 0.1) is 6.61 Å². The van der Waals surface area contributed by atoms with Crippen molar-refractivity contribution in [3.8, 4) is 0 Å². The second-order valence-corrected chi connectivity index (χ2v) is 4.61. The van der Waals surface area contributed by atoms with Gasteiger partial charge in [0.25, 0.3) is 0 Å². The van der Waals surface area contributed by atoms with Gasteiger partial charge in [0.2, 0.25) is 12.4 Å². The van der Waals surface area contributed by atoms with Crippen LogP contribution in [0.1, 0.15) is 27.7 Å².